The lowest BCUT2D eigenvalue weighted by molar-refractivity contribution is -0.0837. The van der Waals surface area contributed by atoms with Crippen LogP contribution in [-0.4, -0.2) is 45.2 Å². The monoisotopic (exact) mass is 361 g/mol. The first-order chi connectivity index (χ1) is 12.4. The summed E-state index contributed by atoms with van der Waals surface area (Å²) in [6.45, 7) is 0.736. The van der Waals surface area contributed by atoms with Crippen LogP contribution in [0.25, 0.3) is 0 Å². The molecule has 8 heteroatoms. The maximum Gasteiger partial charge on any atom is 0.342 e. The Hall–Kier alpha value is -2.70. The fourth-order valence-electron chi connectivity index (χ4n) is 2.24. The molecule has 26 heavy (non-hydrogen) atoms. The summed E-state index contributed by atoms with van der Waals surface area (Å²) in [7, 11) is 0. The minimum atomic E-state index is -1.67. The van der Waals surface area contributed by atoms with E-state index in [0.717, 1.165) is 0 Å². The topological polar surface area (TPSA) is 144 Å². The van der Waals surface area contributed by atoms with Crippen molar-refractivity contribution in [2.24, 2.45) is 0 Å². The van der Waals surface area contributed by atoms with Crippen LogP contribution in [0.1, 0.15) is 39.1 Å². The third-order valence-electron chi connectivity index (χ3n) is 3.81. The molecule has 138 valence electrons. The standard InChI is InChI=1S/C18H19NO7/c1-10-13(6-15(26-10)17(23)16(22)14(21)8-20)18(24)25-9-12-4-2-11(7-19)3-5-12/h2-6,14,16-17,20-23H,8-9H2,1H3/t14-,16-,17+/m1/s1. The summed E-state index contributed by atoms with van der Waals surface area (Å²) in [6.07, 6.45) is -4.84. The molecule has 0 saturated carbocycles. The van der Waals surface area contributed by atoms with Crippen LogP contribution < -0.4 is 0 Å². The second-order valence-corrected chi connectivity index (χ2v) is 5.69. The maximum absolute atomic E-state index is 12.2. The van der Waals surface area contributed by atoms with Crippen molar-refractivity contribution in [1.29, 1.82) is 5.26 Å². The number of furan rings is 1. The van der Waals surface area contributed by atoms with Crippen molar-refractivity contribution in [1.82, 2.24) is 0 Å². The van der Waals surface area contributed by atoms with E-state index >= 15 is 0 Å². The van der Waals surface area contributed by atoms with Crippen LogP contribution in [0.4, 0.5) is 0 Å². The lowest BCUT2D eigenvalue weighted by Gasteiger charge is -2.19. The number of aliphatic hydroxyl groups excluding tert-OH is 4. The van der Waals surface area contributed by atoms with Crippen molar-refractivity contribution < 1.29 is 34.4 Å². The van der Waals surface area contributed by atoms with E-state index in [1.807, 2.05) is 6.07 Å². The van der Waals surface area contributed by atoms with Crippen LogP contribution in [0, 0.1) is 18.3 Å². The number of rotatable bonds is 7. The smallest absolute Gasteiger partial charge is 0.342 e. The van der Waals surface area contributed by atoms with Gasteiger partial charge < -0.3 is 29.6 Å². The average molecular weight is 361 g/mol. The van der Waals surface area contributed by atoms with E-state index in [1.165, 1.54) is 13.0 Å². The Morgan fingerprint density at radius 2 is 1.92 bits per heavy atom. The van der Waals surface area contributed by atoms with Crippen molar-refractivity contribution in [2.45, 2.75) is 31.8 Å². The summed E-state index contributed by atoms with van der Waals surface area (Å²) < 4.78 is 10.4. The van der Waals surface area contributed by atoms with Crippen LogP contribution >= 0.6 is 0 Å². The molecule has 0 bridgehead atoms. The van der Waals surface area contributed by atoms with Crippen LogP contribution in [-0.2, 0) is 11.3 Å². The molecule has 0 aliphatic heterocycles. The highest BCUT2D eigenvalue weighted by Gasteiger charge is 2.29. The number of carbonyl (C=O) groups excluding carboxylic acids is 1. The minimum Gasteiger partial charge on any atom is -0.463 e. The van der Waals surface area contributed by atoms with E-state index in [9.17, 15) is 20.1 Å². The van der Waals surface area contributed by atoms with Crippen LogP contribution in [0.15, 0.2) is 34.7 Å². The van der Waals surface area contributed by atoms with Gasteiger partial charge in [-0.3, -0.25) is 0 Å². The number of aryl methyl sites for hydroxylation is 1. The SMILES string of the molecule is Cc1oc([C@H](O)[C@H](O)[C@H](O)CO)cc1C(=O)OCc1ccc(C#N)cc1. The molecule has 4 N–H and O–H groups in total. The molecular formula is C18H19NO7. The lowest BCUT2D eigenvalue weighted by Crippen LogP contribution is -2.34. The molecule has 1 aromatic carbocycles. The predicted molar refractivity (Wildman–Crippen MR) is 87.8 cm³/mol. The first-order valence-corrected chi connectivity index (χ1v) is 7.79. The van der Waals surface area contributed by atoms with Crippen molar-refractivity contribution >= 4 is 5.97 Å². The zero-order valence-corrected chi connectivity index (χ0v) is 14.0. The van der Waals surface area contributed by atoms with Gasteiger partial charge in [-0.2, -0.15) is 5.26 Å². The molecule has 0 saturated heterocycles. The molecule has 2 aromatic rings. The van der Waals surface area contributed by atoms with Crippen molar-refractivity contribution in [2.75, 3.05) is 6.61 Å². The Bertz CT molecular complexity index is 791. The van der Waals surface area contributed by atoms with Gasteiger partial charge in [0.1, 0.15) is 42.0 Å². The molecule has 0 spiro atoms. The number of nitriles is 1. The highest BCUT2D eigenvalue weighted by molar-refractivity contribution is 5.90. The first-order valence-electron chi connectivity index (χ1n) is 7.79. The molecule has 0 amide bonds. The molecule has 0 radical (unpaired) electrons. The lowest BCUT2D eigenvalue weighted by atomic mass is 10.1. The predicted octanol–water partition coefficient (Wildman–Crippen LogP) is 0.564. The zero-order valence-electron chi connectivity index (χ0n) is 14.0. The second-order valence-electron chi connectivity index (χ2n) is 5.69. The number of benzene rings is 1. The van der Waals surface area contributed by atoms with Gasteiger partial charge in [0.05, 0.1) is 18.2 Å². The highest BCUT2D eigenvalue weighted by Crippen LogP contribution is 2.25. The van der Waals surface area contributed by atoms with Gasteiger partial charge in [0.15, 0.2) is 0 Å². The summed E-state index contributed by atoms with van der Waals surface area (Å²) in [6, 6.07) is 9.74. The third kappa shape index (κ3) is 4.47. The van der Waals surface area contributed by atoms with Crippen molar-refractivity contribution in [3.05, 3.63) is 58.5 Å². The van der Waals surface area contributed by atoms with Gasteiger partial charge in [-0.15, -0.1) is 0 Å². The van der Waals surface area contributed by atoms with Gasteiger partial charge in [0.25, 0.3) is 0 Å². The molecule has 0 unspecified atom stereocenters. The molecular weight excluding hydrogens is 342 g/mol. The molecule has 1 aromatic heterocycles. The van der Waals surface area contributed by atoms with Gasteiger partial charge in [0.2, 0.25) is 0 Å². The Morgan fingerprint density at radius 3 is 2.50 bits per heavy atom. The zero-order chi connectivity index (χ0) is 19.3. The van der Waals surface area contributed by atoms with Gasteiger partial charge in [0, 0.05) is 0 Å². The molecule has 0 aliphatic rings. The number of carbonyl (C=O) groups is 1. The second kappa shape index (κ2) is 8.60. The quantitative estimate of drug-likeness (QED) is 0.524. The summed E-state index contributed by atoms with van der Waals surface area (Å²) in [4.78, 5) is 12.2. The van der Waals surface area contributed by atoms with E-state index in [4.69, 9.17) is 19.5 Å². The van der Waals surface area contributed by atoms with Gasteiger partial charge in [-0.05, 0) is 30.7 Å². The number of hydrogen-bond donors (Lipinski definition) is 4. The van der Waals surface area contributed by atoms with E-state index in [1.54, 1.807) is 24.3 Å². The fraction of sp³-hybridized carbons (Fsp3) is 0.333. The van der Waals surface area contributed by atoms with Gasteiger partial charge in [-0.1, -0.05) is 12.1 Å². The van der Waals surface area contributed by atoms with Crippen molar-refractivity contribution in [3.8, 4) is 6.07 Å². The van der Waals surface area contributed by atoms with E-state index in [2.05, 4.69) is 0 Å². The molecule has 2 rings (SSSR count). The molecule has 0 aliphatic carbocycles. The number of aliphatic hydroxyl groups is 4. The summed E-state index contributed by atoms with van der Waals surface area (Å²) in [5, 5.41) is 46.6. The summed E-state index contributed by atoms with van der Waals surface area (Å²) in [5.41, 5.74) is 1.26. The first kappa shape index (κ1) is 19.6. The number of ether oxygens (including phenoxy) is 1. The van der Waals surface area contributed by atoms with E-state index < -0.39 is 30.9 Å². The molecule has 8 nitrogen and oxygen atoms in total. The number of esters is 1. The highest BCUT2D eigenvalue weighted by atomic mass is 16.5. The van der Waals surface area contributed by atoms with Gasteiger partial charge in [-0.25, -0.2) is 4.79 Å². The fourth-order valence-corrected chi connectivity index (χ4v) is 2.24. The largest absolute Gasteiger partial charge is 0.463 e. The Labute approximate surface area is 149 Å². The van der Waals surface area contributed by atoms with Crippen molar-refractivity contribution in [3.63, 3.8) is 0 Å². The average Bonchev–Trinajstić information content (AvgIpc) is 3.06. The Morgan fingerprint density at radius 1 is 1.27 bits per heavy atom. The molecule has 3 atom stereocenters. The van der Waals surface area contributed by atoms with Crippen LogP contribution in [0.5, 0.6) is 0 Å². The summed E-state index contributed by atoms with van der Waals surface area (Å²) in [5.74, 6) is -0.645. The number of hydrogen-bond acceptors (Lipinski definition) is 8. The van der Waals surface area contributed by atoms with Crippen LogP contribution in [0.2, 0.25) is 0 Å². The molecule has 0 fully saturated rings. The van der Waals surface area contributed by atoms with Crippen LogP contribution in [0.3, 0.4) is 0 Å². The number of nitrogens with zero attached hydrogens (tertiary/aromatic N) is 1. The van der Waals surface area contributed by atoms with E-state index in [0.29, 0.717) is 11.1 Å². The normalized spacial score (nSPS) is 14.3. The molecule has 1 heterocycles. The third-order valence-corrected chi connectivity index (χ3v) is 3.81. The Balaban J connectivity index is 2.05. The van der Waals surface area contributed by atoms with Gasteiger partial charge >= 0.3 is 5.97 Å². The maximum atomic E-state index is 12.2. The van der Waals surface area contributed by atoms with E-state index in [-0.39, 0.29) is 23.7 Å². The summed E-state index contributed by atoms with van der Waals surface area (Å²) >= 11 is 0. The Kier molecular flexibility index (Phi) is 6.49. The minimum absolute atomic E-state index is 0.0150.